The zero-order valence-corrected chi connectivity index (χ0v) is 16.0. The third-order valence-electron chi connectivity index (χ3n) is 5.20. The summed E-state index contributed by atoms with van der Waals surface area (Å²) in [6, 6.07) is 25.7. The van der Waals surface area contributed by atoms with Gasteiger partial charge < -0.3 is 4.74 Å². The van der Waals surface area contributed by atoms with Gasteiger partial charge in [0.2, 0.25) is 0 Å². The molecule has 2 heterocycles. The van der Waals surface area contributed by atoms with E-state index in [1.165, 1.54) is 0 Å². The van der Waals surface area contributed by atoms with Crippen molar-refractivity contribution in [3.63, 3.8) is 0 Å². The third kappa shape index (κ3) is 2.97. The van der Waals surface area contributed by atoms with Gasteiger partial charge in [-0.3, -0.25) is 9.89 Å². The fourth-order valence-corrected chi connectivity index (χ4v) is 3.77. The molecular formula is C24H20N3O2+. The molecule has 0 bridgehead atoms. The Hall–Kier alpha value is -3.86. The molecule has 5 rings (SSSR count). The molecule has 29 heavy (non-hydrogen) atoms. The number of pyridine rings is 1. The van der Waals surface area contributed by atoms with Crippen LogP contribution in [0.3, 0.4) is 0 Å². The van der Waals surface area contributed by atoms with E-state index in [4.69, 9.17) is 4.74 Å². The van der Waals surface area contributed by atoms with Crippen LogP contribution in [0.1, 0.15) is 5.56 Å². The lowest BCUT2D eigenvalue weighted by molar-refractivity contribution is -0.661. The number of rotatable bonds is 4. The number of ether oxygens (including phenoxy) is 1. The summed E-state index contributed by atoms with van der Waals surface area (Å²) in [7, 11) is 1.63. The average molecular weight is 382 g/mol. The summed E-state index contributed by atoms with van der Waals surface area (Å²) >= 11 is 0. The highest BCUT2D eigenvalue weighted by molar-refractivity contribution is 6.01. The van der Waals surface area contributed by atoms with Crippen LogP contribution in [0.4, 0.5) is 0 Å². The summed E-state index contributed by atoms with van der Waals surface area (Å²) in [5, 5.41) is 5.44. The van der Waals surface area contributed by atoms with Crippen LogP contribution in [0.25, 0.3) is 27.5 Å². The van der Waals surface area contributed by atoms with Gasteiger partial charge >= 0.3 is 5.56 Å². The van der Waals surface area contributed by atoms with E-state index < -0.39 is 0 Å². The van der Waals surface area contributed by atoms with Crippen LogP contribution >= 0.6 is 0 Å². The number of nitrogens with zero attached hydrogens (tertiary/aromatic N) is 2. The zero-order valence-electron chi connectivity index (χ0n) is 16.0. The topological polar surface area (TPSA) is 50.9 Å². The molecule has 142 valence electrons. The molecule has 0 unspecified atom stereocenters. The lowest BCUT2D eigenvalue weighted by atomic mass is 10.1. The Bertz CT molecular complexity index is 1370. The van der Waals surface area contributed by atoms with Gasteiger partial charge in [-0.1, -0.05) is 48.5 Å². The Morgan fingerprint density at radius 2 is 1.66 bits per heavy atom. The van der Waals surface area contributed by atoms with E-state index in [1.807, 2.05) is 65.2 Å². The Morgan fingerprint density at radius 1 is 0.931 bits per heavy atom. The molecule has 0 radical (unpaired) electrons. The summed E-state index contributed by atoms with van der Waals surface area (Å²) in [5.41, 5.74) is 3.32. The quantitative estimate of drug-likeness (QED) is 0.481. The predicted octanol–water partition coefficient (Wildman–Crippen LogP) is 3.82. The van der Waals surface area contributed by atoms with Crippen molar-refractivity contribution in [1.29, 1.82) is 0 Å². The minimum atomic E-state index is -0.0770. The number of methoxy groups -OCH3 is 1. The van der Waals surface area contributed by atoms with E-state index in [9.17, 15) is 4.79 Å². The molecule has 0 aliphatic carbocycles. The number of fused-ring (bicyclic) bond motifs is 3. The van der Waals surface area contributed by atoms with Crippen molar-refractivity contribution in [3.05, 3.63) is 101 Å². The average Bonchev–Trinajstić information content (AvgIpc) is 3.12. The van der Waals surface area contributed by atoms with Crippen molar-refractivity contribution < 1.29 is 9.30 Å². The fourth-order valence-electron chi connectivity index (χ4n) is 3.77. The SMILES string of the molecule is COc1ccc(-n2[nH]c3c4ccccc4c[n+](Cc4ccccc4)c3c2=O)cc1. The van der Waals surface area contributed by atoms with Crippen LogP contribution in [0.15, 0.2) is 89.9 Å². The lowest BCUT2D eigenvalue weighted by Crippen LogP contribution is -2.38. The number of nitrogens with one attached hydrogen (secondary N) is 1. The Kier molecular flexibility index (Phi) is 4.13. The first kappa shape index (κ1) is 17.3. The van der Waals surface area contributed by atoms with Crippen LogP contribution in [-0.2, 0) is 6.54 Å². The van der Waals surface area contributed by atoms with Gasteiger partial charge in [-0.2, -0.15) is 4.57 Å². The molecule has 1 N–H and O–H groups in total. The predicted molar refractivity (Wildman–Crippen MR) is 114 cm³/mol. The van der Waals surface area contributed by atoms with Gasteiger partial charge in [0.05, 0.1) is 12.8 Å². The Morgan fingerprint density at radius 3 is 2.41 bits per heavy atom. The number of benzene rings is 3. The van der Waals surface area contributed by atoms with Crippen LogP contribution in [0.2, 0.25) is 0 Å². The van der Waals surface area contributed by atoms with Crippen LogP contribution in [0, 0.1) is 0 Å². The molecule has 0 amide bonds. The van der Waals surface area contributed by atoms with E-state index in [0.717, 1.165) is 33.3 Å². The molecule has 0 aliphatic rings. The second-order valence-electron chi connectivity index (χ2n) is 7.00. The first-order valence-corrected chi connectivity index (χ1v) is 9.49. The standard InChI is InChI=1S/C24H19N3O2/c1-29-20-13-11-19(12-14-20)27-24(28)23-22(25-27)21-10-6-5-9-18(21)16-26(23)15-17-7-3-2-4-8-17/h2-14,16H,15H2,1H3/p+1. The highest BCUT2D eigenvalue weighted by atomic mass is 16.5. The molecule has 0 spiro atoms. The molecule has 3 aromatic carbocycles. The molecule has 0 saturated heterocycles. The number of aromatic amines is 1. The smallest absolute Gasteiger partial charge is 0.344 e. The minimum absolute atomic E-state index is 0.0770. The van der Waals surface area contributed by atoms with E-state index in [2.05, 4.69) is 29.5 Å². The van der Waals surface area contributed by atoms with Gasteiger partial charge in [-0.15, -0.1) is 0 Å². The maximum Gasteiger partial charge on any atom is 0.344 e. The van der Waals surface area contributed by atoms with Gasteiger partial charge in [-0.25, -0.2) is 4.68 Å². The van der Waals surface area contributed by atoms with Crippen molar-refractivity contribution in [2.75, 3.05) is 7.11 Å². The van der Waals surface area contributed by atoms with E-state index in [1.54, 1.807) is 11.8 Å². The summed E-state index contributed by atoms with van der Waals surface area (Å²) in [6.45, 7) is 0.623. The third-order valence-corrected chi connectivity index (χ3v) is 5.20. The molecule has 0 fully saturated rings. The second-order valence-corrected chi connectivity index (χ2v) is 7.00. The highest BCUT2D eigenvalue weighted by Gasteiger charge is 2.22. The van der Waals surface area contributed by atoms with Gasteiger partial charge in [0.25, 0.3) is 5.52 Å². The first-order chi connectivity index (χ1) is 14.2. The van der Waals surface area contributed by atoms with E-state index in [-0.39, 0.29) is 5.56 Å². The molecular weight excluding hydrogens is 362 g/mol. The van der Waals surface area contributed by atoms with Gasteiger partial charge in [0.15, 0.2) is 12.7 Å². The Labute approximate surface area is 167 Å². The fraction of sp³-hybridized carbons (Fsp3) is 0.0833. The first-order valence-electron chi connectivity index (χ1n) is 9.49. The molecule has 0 saturated carbocycles. The number of hydrogen-bond donors (Lipinski definition) is 1. The molecule has 2 aromatic heterocycles. The maximum atomic E-state index is 13.4. The molecule has 5 nitrogen and oxygen atoms in total. The minimum Gasteiger partial charge on any atom is -0.497 e. The largest absolute Gasteiger partial charge is 0.497 e. The molecule has 5 heteroatoms. The number of H-pyrrole nitrogens is 1. The Balaban J connectivity index is 1.77. The summed E-state index contributed by atoms with van der Waals surface area (Å²) < 4.78 is 8.86. The number of hydrogen-bond acceptors (Lipinski definition) is 2. The van der Waals surface area contributed by atoms with Crippen LogP contribution in [0.5, 0.6) is 5.75 Å². The molecule has 0 atom stereocenters. The lowest BCUT2D eigenvalue weighted by Gasteiger charge is -2.03. The van der Waals surface area contributed by atoms with Crippen LogP contribution < -0.4 is 14.9 Å². The summed E-state index contributed by atoms with van der Waals surface area (Å²) in [4.78, 5) is 13.4. The van der Waals surface area contributed by atoms with Crippen LogP contribution in [-0.4, -0.2) is 16.9 Å². The van der Waals surface area contributed by atoms with Crippen molar-refractivity contribution >= 4 is 21.8 Å². The summed E-state index contributed by atoms with van der Waals surface area (Å²) in [6.07, 6.45) is 2.05. The van der Waals surface area contributed by atoms with Crippen molar-refractivity contribution in [2.45, 2.75) is 6.54 Å². The van der Waals surface area contributed by atoms with Gasteiger partial charge in [0.1, 0.15) is 11.3 Å². The highest BCUT2D eigenvalue weighted by Crippen LogP contribution is 2.21. The number of aromatic nitrogens is 3. The second kappa shape index (κ2) is 6.95. The normalized spacial score (nSPS) is 11.2. The molecule has 0 aliphatic heterocycles. The van der Waals surface area contributed by atoms with E-state index >= 15 is 0 Å². The summed E-state index contributed by atoms with van der Waals surface area (Å²) in [5.74, 6) is 0.752. The van der Waals surface area contributed by atoms with Gasteiger partial charge in [0, 0.05) is 16.3 Å². The zero-order chi connectivity index (χ0) is 19.8. The van der Waals surface area contributed by atoms with Crippen molar-refractivity contribution in [3.8, 4) is 11.4 Å². The van der Waals surface area contributed by atoms with E-state index in [0.29, 0.717) is 12.1 Å². The van der Waals surface area contributed by atoms with Crippen molar-refractivity contribution in [2.24, 2.45) is 0 Å². The maximum absolute atomic E-state index is 13.4. The van der Waals surface area contributed by atoms with Gasteiger partial charge in [-0.05, 0) is 30.3 Å². The molecule has 5 aromatic rings. The monoisotopic (exact) mass is 382 g/mol. The van der Waals surface area contributed by atoms with Crippen molar-refractivity contribution in [1.82, 2.24) is 9.78 Å².